The highest BCUT2D eigenvalue weighted by molar-refractivity contribution is 5.82. The van der Waals surface area contributed by atoms with Crippen LogP contribution in [0.25, 0.3) is 0 Å². The summed E-state index contributed by atoms with van der Waals surface area (Å²) in [6.45, 7) is 1.51. The van der Waals surface area contributed by atoms with Crippen LogP contribution in [-0.4, -0.2) is 31.1 Å². The lowest BCUT2D eigenvalue weighted by Crippen LogP contribution is -2.49. The molecule has 0 spiro atoms. The Hall–Kier alpha value is -1.55. The molecule has 3 rings (SSSR count). The summed E-state index contributed by atoms with van der Waals surface area (Å²) >= 11 is 0. The van der Waals surface area contributed by atoms with Crippen molar-refractivity contribution in [3.63, 3.8) is 0 Å². The van der Waals surface area contributed by atoms with Crippen LogP contribution in [0, 0.1) is 0 Å². The summed E-state index contributed by atoms with van der Waals surface area (Å²) in [5.74, 6) is 1.06. The van der Waals surface area contributed by atoms with E-state index in [4.69, 9.17) is 4.74 Å². The average Bonchev–Trinajstić information content (AvgIpc) is 2.92. The molecule has 96 valence electrons. The second kappa shape index (κ2) is 4.98. The van der Waals surface area contributed by atoms with Crippen molar-refractivity contribution >= 4 is 5.91 Å². The minimum Gasteiger partial charge on any atom is -0.491 e. The van der Waals surface area contributed by atoms with Crippen molar-refractivity contribution in [1.29, 1.82) is 0 Å². The molecule has 2 atom stereocenters. The highest BCUT2D eigenvalue weighted by Gasteiger charge is 2.26. The van der Waals surface area contributed by atoms with Gasteiger partial charge in [-0.2, -0.15) is 0 Å². The third-order valence-corrected chi connectivity index (χ3v) is 3.60. The number of hydrogen-bond donors (Lipinski definition) is 2. The van der Waals surface area contributed by atoms with Crippen LogP contribution in [0.3, 0.4) is 0 Å². The summed E-state index contributed by atoms with van der Waals surface area (Å²) in [6, 6.07) is 8.09. The number of carbonyl (C=O) groups excluding carboxylic acids is 1. The first-order valence-corrected chi connectivity index (χ1v) is 6.57. The zero-order chi connectivity index (χ0) is 12.4. The highest BCUT2D eigenvalue weighted by Crippen LogP contribution is 2.23. The van der Waals surface area contributed by atoms with Crippen LogP contribution < -0.4 is 15.4 Å². The normalized spacial score (nSPS) is 26.2. The maximum atomic E-state index is 12.0. The lowest BCUT2D eigenvalue weighted by Gasteiger charge is -2.27. The van der Waals surface area contributed by atoms with Gasteiger partial charge in [0.05, 0.1) is 12.1 Å². The predicted octanol–water partition coefficient (Wildman–Crippen LogP) is 0.858. The fraction of sp³-hybridized carbons (Fsp3) is 0.500. The maximum absolute atomic E-state index is 12.0. The van der Waals surface area contributed by atoms with E-state index >= 15 is 0 Å². The van der Waals surface area contributed by atoms with E-state index < -0.39 is 0 Å². The Morgan fingerprint density at radius 3 is 3.11 bits per heavy atom. The number of carbonyl (C=O) groups is 1. The van der Waals surface area contributed by atoms with Crippen LogP contribution in [0.1, 0.15) is 18.4 Å². The van der Waals surface area contributed by atoms with Crippen LogP contribution in [0.4, 0.5) is 0 Å². The van der Waals surface area contributed by atoms with E-state index in [9.17, 15) is 4.79 Å². The van der Waals surface area contributed by atoms with Gasteiger partial charge in [-0.3, -0.25) is 4.79 Å². The molecule has 1 unspecified atom stereocenters. The molecule has 2 aliphatic rings. The average molecular weight is 246 g/mol. The number of hydrogen-bond acceptors (Lipinski definition) is 3. The largest absolute Gasteiger partial charge is 0.491 e. The maximum Gasteiger partial charge on any atom is 0.237 e. The van der Waals surface area contributed by atoms with E-state index in [2.05, 4.69) is 16.7 Å². The lowest BCUT2D eigenvalue weighted by atomic mass is 10.0. The Kier molecular flexibility index (Phi) is 3.19. The smallest absolute Gasteiger partial charge is 0.237 e. The molecule has 4 nitrogen and oxygen atoms in total. The molecule has 0 saturated carbocycles. The van der Waals surface area contributed by atoms with Gasteiger partial charge in [0, 0.05) is 0 Å². The van der Waals surface area contributed by atoms with Crippen molar-refractivity contribution in [2.24, 2.45) is 0 Å². The van der Waals surface area contributed by atoms with Gasteiger partial charge in [0.1, 0.15) is 12.4 Å². The number of ether oxygens (including phenoxy) is 1. The Morgan fingerprint density at radius 2 is 2.28 bits per heavy atom. The molecule has 1 saturated heterocycles. The number of nitrogens with one attached hydrogen (secondary N) is 2. The first kappa shape index (κ1) is 11.5. The number of rotatable bonds is 2. The number of para-hydroxylation sites is 1. The summed E-state index contributed by atoms with van der Waals surface area (Å²) < 4.78 is 5.66. The zero-order valence-corrected chi connectivity index (χ0v) is 10.3. The number of benzene rings is 1. The van der Waals surface area contributed by atoms with Crippen LogP contribution in [-0.2, 0) is 11.2 Å². The van der Waals surface area contributed by atoms with E-state index in [-0.39, 0.29) is 18.0 Å². The van der Waals surface area contributed by atoms with Crippen molar-refractivity contribution in [1.82, 2.24) is 10.6 Å². The predicted molar refractivity (Wildman–Crippen MR) is 68.6 cm³/mol. The summed E-state index contributed by atoms with van der Waals surface area (Å²) in [5.41, 5.74) is 1.17. The molecule has 1 amide bonds. The summed E-state index contributed by atoms with van der Waals surface area (Å²) in [4.78, 5) is 12.0. The Morgan fingerprint density at radius 1 is 1.39 bits per heavy atom. The molecule has 2 heterocycles. The van der Waals surface area contributed by atoms with E-state index in [0.29, 0.717) is 6.61 Å². The van der Waals surface area contributed by atoms with Gasteiger partial charge in [0.25, 0.3) is 0 Å². The van der Waals surface area contributed by atoms with Gasteiger partial charge < -0.3 is 15.4 Å². The van der Waals surface area contributed by atoms with Crippen LogP contribution in [0.2, 0.25) is 0 Å². The van der Waals surface area contributed by atoms with E-state index in [1.54, 1.807) is 0 Å². The molecular formula is C14H18N2O2. The van der Waals surface area contributed by atoms with Crippen LogP contribution in [0.15, 0.2) is 24.3 Å². The molecule has 1 fully saturated rings. The molecule has 0 radical (unpaired) electrons. The molecule has 18 heavy (non-hydrogen) atoms. The minimum atomic E-state index is -0.0119. The van der Waals surface area contributed by atoms with Gasteiger partial charge in [-0.25, -0.2) is 0 Å². The third kappa shape index (κ3) is 2.34. The molecule has 0 aromatic heterocycles. The molecule has 4 heteroatoms. The Labute approximate surface area is 107 Å². The quantitative estimate of drug-likeness (QED) is 0.813. The summed E-state index contributed by atoms with van der Waals surface area (Å²) in [5, 5.41) is 6.29. The van der Waals surface area contributed by atoms with Gasteiger partial charge in [0.2, 0.25) is 5.91 Å². The number of fused-ring (bicyclic) bond motifs is 1. The highest BCUT2D eigenvalue weighted by atomic mass is 16.5. The first-order chi connectivity index (χ1) is 8.83. The van der Waals surface area contributed by atoms with Gasteiger partial charge in [-0.15, -0.1) is 0 Å². The third-order valence-electron chi connectivity index (χ3n) is 3.60. The molecule has 2 aliphatic heterocycles. The van der Waals surface area contributed by atoms with Crippen molar-refractivity contribution in [2.45, 2.75) is 31.3 Å². The van der Waals surface area contributed by atoms with Crippen molar-refractivity contribution < 1.29 is 9.53 Å². The molecule has 1 aromatic rings. The Balaban J connectivity index is 1.60. The summed E-state index contributed by atoms with van der Waals surface area (Å²) in [7, 11) is 0. The monoisotopic (exact) mass is 246 g/mol. The minimum absolute atomic E-state index is 0.0119. The van der Waals surface area contributed by atoms with E-state index in [1.807, 2.05) is 18.2 Å². The second-order valence-electron chi connectivity index (χ2n) is 4.98. The number of amides is 1. The van der Waals surface area contributed by atoms with Gasteiger partial charge in [-0.1, -0.05) is 18.2 Å². The molecular weight excluding hydrogens is 228 g/mol. The van der Waals surface area contributed by atoms with Crippen molar-refractivity contribution in [3.8, 4) is 5.75 Å². The molecule has 1 aromatic carbocycles. The van der Waals surface area contributed by atoms with Crippen LogP contribution in [0.5, 0.6) is 5.75 Å². The van der Waals surface area contributed by atoms with E-state index in [0.717, 1.165) is 31.6 Å². The van der Waals surface area contributed by atoms with E-state index in [1.165, 1.54) is 5.56 Å². The molecule has 2 N–H and O–H groups in total. The standard InChI is InChI=1S/C14H18N2O2/c17-14(12-5-3-7-15-12)16-11-8-10-4-1-2-6-13(10)18-9-11/h1-2,4,6,11-12,15H,3,5,7-9H2,(H,16,17)/t11?,12-/m0/s1. The van der Waals surface area contributed by atoms with Gasteiger partial charge in [0.15, 0.2) is 0 Å². The van der Waals surface area contributed by atoms with Crippen LogP contribution >= 0.6 is 0 Å². The first-order valence-electron chi connectivity index (χ1n) is 6.57. The van der Waals surface area contributed by atoms with Gasteiger partial charge in [-0.05, 0) is 37.4 Å². The lowest BCUT2D eigenvalue weighted by molar-refractivity contribution is -0.123. The van der Waals surface area contributed by atoms with Gasteiger partial charge >= 0.3 is 0 Å². The summed E-state index contributed by atoms with van der Waals surface area (Å²) in [6.07, 6.45) is 2.88. The SMILES string of the molecule is O=C(NC1COc2ccccc2C1)[C@@H]1CCCN1. The Bertz CT molecular complexity index is 441. The zero-order valence-electron chi connectivity index (χ0n) is 10.3. The fourth-order valence-corrected chi connectivity index (χ4v) is 2.63. The molecule has 0 bridgehead atoms. The van der Waals surface area contributed by atoms with Crippen molar-refractivity contribution in [3.05, 3.63) is 29.8 Å². The fourth-order valence-electron chi connectivity index (χ4n) is 2.63. The van der Waals surface area contributed by atoms with Crippen molar-refractivity contribution in [2.75, 3.05) is 13.2 Å². The topological polar surface area (TPSA) is 50.4 Å². The second-order valence-corrected chi connectivity index (χ2v) is 4.98. The molecule has 0 aliphatic carbocycles.